The molecule has 0 spiro atoms. The van der Waals surface area contributed by atoms with Crippen LogP contribution in [-0.4, -0.2) is 69.0 Å². The first kappa shape index (κ1) is 24.2. The summed E-state index contributed by atoms with van der Waals surface area (Å²) >= 11 is 0. The Balaban J connectivity index is 0.00000280. The summed E-state index contributed by atoms with van der Waals surface area (Å²) in [7, 11) is -2.82. The first-order chi connectivity index (χ1) is 12.9. The first-order valence-corrected chi connectivity index (χ1v) is 12.8. The summed E-state index contributed by atoms with van der Waals surface area (Å²) in [6, 6.07) is 1.24. The molecule has 0 aromatic heterocycles. The number of rotatable bonds is 5. The Hall–Kier alpha value is -0.0900. The summed E-state index contributed by atoms with van der Waals surface area (Å²) in [5, 5.41) is 6.94. The average molecular weight is 527 g/mol. The predicted molar refractivity (Wildman–Crippen MR) is 127 cm³/mol. The minimum absolute atomic E-state index is 0. The lowest BCUT2D eigenvalue weighted by atomic mass is 9.88. The van der Waals surface area contributed by atoms with Crippen molar-refractivity contribution in [2.45, 2.75) is 70.9 Å². The largest absolute Gasteiger partial charge is 0.357 e. The average Bonchev–Trinajstić information content (AvgIpc) is 3.00. The van der Waals surface area contributed by atoms with Crippen LogP contribution in [0.25, 0.3) is 0 Å². The lowest BCUT2D eigenvalue weighted by Gasteiger charge is -2.40. The number of nitrogens with zero attached hydrogens (tertiary/aromatic N) is 2. The zero-order valence-corrected chi connectivity index (χ0v) is 20.7. The smallest absolute Gasteiger partial charge is 0.191 e. The third-order valence-corrected chi connectivity index (χ3v) is 8.39. The van der Waals surface area contributed by atoms with E-state index in [1.54, 1.807) is 0 Å². The molecule has 1 unspecified atom stereocenters. The van der Waals surface area contributed by atoms with Gasteiger partial charge in [0.1, 0.15) is 0 Å². The number of piperidine rings is 1. The van der Waals surface area contributed by atoms with Gasteiger partial charge in [-0.3, -0.25) is 4.99 Å². The van der Waals surface area contributed by atoms with Gasteiger partial charge >= 0.3 is 0 Å². The SMILES string of the molecule is CCNC(=NCC1CCS(=O)(=O)C1)NC1CCC(N2CCC(C)CC2)CC1.I. The van der Waals surface area contributed by atoms with Crippen LogP contribution in [0.1, 0.15) is 58.8 Å². The molecule has 1 saturated carbocycles. The van der Waals surface area contributed by atoms with Crippen molar-refractivity contribution in [1.82, 2.24) is 15.5 Å². The van der Waals surface area contributed by atoms with Gasteiger partial charge in [-0.1, -0.05) is 6.92 Å². The Morgan fingerprint density at radius 2 is 1.75 bits per heavy atom. The number of hydrogen-bond donors (Lipinski definition) is 2. The highest BCUT2D eigenvalue weighted by atomic mass is 127. The molecule has 0 amide bonds. The number of aliphatic imine (C=N–C) groups is 1. The lowest BCUT2D eigenvalue weighted by Crippen LogP contribution is -2.49. The van der Waals surface area contributed by atoms with E-state index in [0.29, 0.717) is 24.1 Å². The second-order valence-corrected chi connectivity index (χ2v) is 11.1. The van der Waals surface area contributed by atoms with Gasteiger partial charge in [0.05, 0.1) is 11.5 Å². The van der Waals surface area contributed by atoms with E-state index in [9.17, 15) is 8.42 Å². The van der Waals surface area contributed by atoms with Gasteiger partial charge in [-0.05, 0) is 76.8 Å². The van der Waals surface area contributed by atoms with Crippen LogP contribution in [0.4, 0.5) is 0 Å². The summed E-state index contributed by atoms with van der Waals surface area (Å²) in [4.78, 5) is 7.41. The van der Waals surface area contributed by atoms with Crippen LogP contribution in [0, 0.1) is 11.8 Å². The molecule has 3 fully saturated rings. The third kappa shape index (κ3) is 7.31. The summed E-state index contributed by atoms with van der Waals surface area (Å²) in [5.74, 6) is 2.57. The molecule has 0 radical (unpaired) electrons. The molecule has 0 aromatic carbocycles. The van der Waals surface area contributed by atoms with Crippen molar-refractivity contribution in [1.29, 1.82) is 0 Å². The Morgan fingerprint density at radius 1 is 1.07 bits per heavy atom. The molecule has 0 aromatic rings. The fourth-order valence-electron chi connectivity index (χ4n) is 4.73. The van der Waals surface area contributed by atoms with Gasteiger partial charge in [-0.2, -0.15) is 0 Å². The third-order valence-electron chi connectivity index (χ3n) is 6.55. The van der Waals surface area contributed by atoms with E-state index in [2.05, 4.69) is 29.4 Å². The van der Waals surface area contributed by atoms with Crippen molar-refractivity contribution >= 4 is 39.8 Å². The van der Waals surface area contributed by atoms with Gasteiger partial charge in [0.2, 0.25) is 0 Å². The molecule has 164 valence electrons. The standard InChI is InChI=1S/C20H38N4O2S.HI/c1-3-21-20(22-14-17-10-13-27(25,26)15-17)23-18-4-6-19(7-5-18)24-11-8-16(2)9-12-24;/h16-19H,3-15H2,1-2H3,(H2,21,22,23);1H. The normalized spacial score (nSPS) is 31.9. The van der Waals surface area contributed by atoms with Crippen LogP contribution in [0.3, 0.4) is 0 Å². The van der Waals surface area contributed by atoms with Crippen molar-refractivity contribution in [2.75, 3.05) is 37.7 Å². The van der Waals surface area contributed by atoms with Gasteiger partial charge in [-0.15, -0.1) is 24.0 Å². The number of hydrogen-bond acceptors (Lipinski definition) is 4. The Morgan fingerprint density at radius 3 is 2.32 bits per heavy atom. The zero-order valence-electron chi connectivity index (χ0n) is 17.5. The van der Waals surface area contributed by atoms with Crippen molar-refractivity contribution in [2.24, 2.45) is 16.8 Å². The maximum absolute atomic E-state index is 11.6. The number of sulfone groups is 1. The van der Waals surface area contributed by atoms with Crippen LogP contribution >= 0.6 is 24.0 Å². The Labute approximate surface area is 188 Å². The Bertz CT molecular complexity index is 597. The van der Waals surface area contributed by atoms with Crippen LogP contribution in [-0.2, 0) is 9.84 Å². The second kappa shape index (κ2) is 11.3. The summed E-state index contributed by atoms with van der Waals surface area (Å²) in [5.41, 5.74) is 0. The summed E-state index contributed by atoms with van der Waals surface area (Å²) < 4.78 is 23.2. The van der Waals surface area contributed by atoms with Crippen molar-refractivity contribution < 1.29 is 8.42 Å². The van der Waals surface area contributed by atoms with E-state index in [1.165, 1.54) is 51.6 Å². The number of likely N-dealkylation sites (tertiary alicyclic amines) is 1. The molecule has 3 rings (SSSR count). The molecule has 2 heterocycles. The number of guanidine groups is 1. The monoisotopic (exact) mass is 526 g/mol. The molecule has 2 aliphatic heterocycles. The molecule has 28 heavy (non-hydrogen) atoms. The fraction of sp³-hybridized carbons (Fsp3) is 0.950. The van der Waals surface area contributed by atoms with Crippen molar-refractivity contribution in [3.8, 4) is 0 Å². The van der Waals surface area contributed by atoms with Gasteiger partial charge < -0.3 is 15.5 Å². The number of halogens is 1. The topological polar surface area (TPSA) is 73.8 Å². The maximum atomic E-state index is 11.6. The first-order valence-electron chi connectivity index (χ1n) is 10.9. The van der Waals surface area contributed by atoms with Crippen molar-refractivity contribution in [3.05, 3.63) is 0 Å². The molecule has 1 atom stereocenters. The molecule has 2 saturated heterocycles. The molecule has 2 N–H and O–H groups in total. The number of nitrogens with one attached hydrogen (secondary N) is 2. The minimum Gasteiger partial charge on any atom is -0.357 e. The molecule has 3 aliphatic rings. The van der Waals surface area contributed by atoms with E-state index < -0.39 is 9.84 Å². The van der Waals surface area contributed by atoms with E-state index in [0.717, 1.165) is 30.9 Å². The molecule has 6 nitrogen and oxygen atoms in total. The summed E-state index contributed by atoms with van der Waals surface area (Å²) in [6.45, 7) is 8.44. The molecular formula is C20H39IN4O2S. The van der Waals surface area contributed by atoms with Gasteiger partial charge in [0.25, 0.3) is 0 Å². The second-order valence-electron chi connectivity index (χ2n) is 8.86. The maximum Gasteiger partial charge on any atom is 0.191 e. The van der Waals surface area contributed by atoms with Crippen LogP contribution < -0.4 is 10.6 Å². The highest BCUT2D eigenvalue weighted by Gasteiger charge is 2.29. The zero-order chi connectivity index (χ0) is 19.3. The molecule has 1 aliphatic carbocycles. The molecule has 8 heteroatoms. The molecule has 0 bridgehead atoms. The van der Waals surface area contributed by atoms with Crippen LogP contribution in [0.15, 0.2) is 4.99 Å². The highest BCUT2D eigenvalue weighted by Crippen LogP contribution is 2.27. The highest BCUT2D eigenvalue weighted by molar-refractivity contribution is 14.0. The fourth-order valence-corrected chi connectivity index (χ4v) is 6.58. The van der Waals surface area contributed by atoms with E-state index in [4.69, 9.17) is 4.99 Å². The Kier molecular flexibility index (Phi) is 9.80. The van der Waals surface area contributed by atoms with Gasteiger partial charge in [0.15, 0.2) is 15.8 Å². The summed E-state index contributed by atoms with van der Waals surface area (Å²) in [6.07, 6.45) is 8.39. The predicted octanol–water partition coefficient (Wildman–Crippen LogP) is 2.64. The van der Waals surface area contributed by atoms with Gasteiger partial charge in [0, 0.05) is 25.2 Å². The van der Waals surface area contributed by atoms with E-state index in [1.807, 2.05) is 0 Å². The van der Waals surface area contributed by atoms with Gasteiger partial charge in [-0.25, -0.2) is 8.42 Å². The lowest BCUT2D eigenvalue weighted by molar-refractivity contribution is 0.105. The quantitative estimate of drug-likeness (QED) is 0.328. The van der Waals surface area contributed by atoms with E-state index >= 15 is 0 Å². The van der Waals surface area contributed by atoms with Crippen LogP contribution in [0.2, 0.25) is 0 Å². The van der Waals surface area contributed by atoms with E-state index in [-0.39, 0.29) is 29.9 Å². The minimum atomic E-state index is -2.82. The van der Waals surface area contributed by atoms with Crippen LogP contribution in [0.5, 0.6) is 0 Å². The molecular weight excluding hydrogens is 487 g/mol. The van der Waals surface area contributed by atoms with Crippen molar-refractivity contribution in [3.63, 3.8) is 0 Å².